The van der Waals surface area contributed by atoms with Gasteiger partial charge in [0, 0.05) is 18.1 Å². The molecule has 3 rings (SSSR count). The van der Waals surface area contributed by atoms with E-state index in [1.165, 1.54) is 13.2 Å². The van der Waals surface area contributed by atoms with Crippen molar-refractivity contribution in [3.8, 4) is 5.88 Å². The van der Waals surface area contributed by atoms with Crippen LogP contribution in [0.4, 0.5) is 26.3 Å². The molecular weight excluding hydrogens is 498 g/mol. The summed E-state index contributed by atoms with van der Waals surface area (Å²) in [5.41, 5.74) is 3.24. The minimum atomic E-state index is -4.59. The first-order valence-corrected chi connectivity index (χ1v) is 10.5. The molecule has 0 radical (unpaired) electrons. The molecule has 8 nitrogen and oxygen atoms in total. The van der Waals surface area contributed by atoms with Gasteiger partial charge in [0.1, 0.15) is 12.6 Å². The first-order chi connectivity index (χ1) is 16.8. The first kappa shape index (κ1) is 27.2. The average Bonchev–Trinajstić information content (AvgIpc) is 3.30. The van der Waals surface area contributed by atoms with Gasteiger partial charge in [-0.2, -0.15) is 31.8 Å². The zero-order valence-corrected chi connectivity index (χ0v) is 19.0. The van der Waals surface area contributed by atoms with Crippen LogP contribution in [-0.4, -0.2) is 43.2 Å². The molecule has 0 spiro atoms. The van der Waals surface area contributed by atoms with Crippen LogP contribution in [0, 0.1) is 6.92 Å². The quantitative estimate of drug-likeness (QED) is 0.483. The van der Waals surface area contributed by atoms with E-state index in [-0.39, 0.29) is 23.6 Å². The number of hydroxylamine groups is 1. The molecule has 1 saturated heterocycles. The van der Waals surface area contributed by atoms with E-state index in [4.69, 9.17) is 9.57 Å². The number of methoxy groups -OCH3 is 1. The maximum atomic E-state index is 13.2. The summed E-state index contributed by atoms with van der Waals surface area (Å²) < 4.78 is 80.9. The molecule has 1 aromatic heterocycles. The number of nitrogens with one attached hydrogen (secondary N) is 3. The lowest BCUT2D eigenvalue weighted by atomic mass is 9.96. The minimum absolute atomic E-state index is 0.0354. The third kappa shape index (κ3) is 7.07. The van der Waals surface area contributed by atoms with E-state index in [0.717, 1.165) is 12.1 Å². The Hall–Kier alpha value is -3.39. The standard InChI is InChI=1S/C22H22F6N4O4/c1-11-5-12(3-4-14(11)20(34)29-9-18(33)30-10-21(23,24)25)15-8-17(36-32-15)16-6-13(22(26,27)28)7-19(31-16)35-2/h3-7,15,17,32H,8-10H2,1-2H3,(H,29,34)(H,30,33). The van der Waals surface area contributed by atoms with Gasteiger partial charge in [-0.1, -0.05) is 12.1 Å². The van der Waals surface area contributed by atoms with Gasteiger partial charge in [-0.25, -0.2) is 4.98 Å². The second-order valence-electron chi connectivity index (χ2n) is 7.98. The number of ether oxygens (including phenoxy) is 1. The summed E-state index contributed by atoms with van der Waals surface area (Å²) in [4.78, 5) is 33.3. The molecule has 3 N–H and O–H groups in total. The van der Waals surface area contributed by atoms with Gasteiger partial charge in [0.15, 0.2) is 0 Å². The van der Waals surface area contributed by atoms with Crippen LogP contribution in [-0.2, 0) is 15.8 Å². The van der Waals surface area contributed by atoms with Crippen molar-refractivity contribution in [2.45, 2.75) is 37.8 Å². The van der Waals surface area contributed by atoms with Crippen molar-refractivity contribution in [1.29, 1.82) is 0 Å². The lowest BCUT2D eigenvalue weighted by molar-refractivity contribution is -0.138. The Labute approximate surface area is 201 Å². The topological polar surface area (TPSA) is 102 Å². The van der Waals surface area contributed by atoms with Crippen LogP contribution in [0.2, 0.25) is 0 Å². The van der Waals surface area contributed by atoms with Crippen molar-refractivity contribution in [3.05, 3.63) is 58.3 Å². The van der Waals surface area contributed by atoms with E-state index in [9.17, 15) is 35.9 Å². The molecule has 1 aromatic carbocycles. The molecule has 36 heavy (non-hydrogen) atoms. The van der Waals surface area contributed by atoms with Crippen molar-refractivity contribution < 1.29 is 45.5 Å². The molecule has 196 valence electrons. The van der Waals surface area contributed by atoms with E-state index in [1.54, 1.807) is 24.4 Å². The molecule has 0 saturated carbocycles. The summed E-state index contributed by atoms with van der Waals surface area (Å²) in [6, 6.07) is 5.96. The number of rotatable bonds is 7. The minimum Gasteiger partial charge on any atom is -0.481 e. The molecule has 2 amide bonds. The van der Waals surface area contributed by atoms with Crippen LogP contribution in [0.3, 0.4) is 0 Å². The number of amides is 2. The van der Waals surface area contributed by atoms with Crippen LogP contribution in [0.15, 0.2) is 30.3 Å². The summed E-state index contributed by atoms with van der Waals surface area (Å²) in [5, 5.41) is 3.90. The number of aromatic nitrogens is 1. The van der Waals surface area contributed by atoms with Crippen LogP contribution in [0.5, 0.6) is 5.88 Å². The number of halogens is 6. The Bertz CT molecular complexity index is 1120. The third-order valence-corrected chi connectivity index (χ3v) is 5.28. The average molecular weight is 520 g/mol. The van der Waals surface area contributed by atoms with E-state index < -0.39 is 55.0 Å². The Balaban J connectivity index is 1.64. The van der Waals surface area contributed by atoms with Gasteiger partial charge >= 0.3 is 12.4 Å². The molecular formula is C22H22F6N4O4. The van der Waals surface area contributed by atoms with Gasteiger partial charge < -0.3 is 15.4 Å². The normalized spacial score (nSPS) is 18.1. The number of benzene rings is 1. The number of carbonyl (C=O) groups excluding carboxylic acids is 2. The van der Waals surface area contributed by atoms with Crippen molar-refractivity contribution in [3.63, 3.8) is 0 Å². The highest BCUT2D eigenvalue weighted by atomic mass is 19.4. The predicted octanol–water partition coefficient (Wildman–Crippen LogP) is 3.53. The Kier molecular flexibility index (Phi) is 8.09. The van der Waals surface area contributed by atoms with E-state index in [2.05, 4.69) is 15.8 Å². The molecule has 1 aliphatic heterocycles. The smallest absolute Gasteiger partial charge is 0.416 e. The van der Waals surface area contributed by atoms with Gasteiger partial charge in [0.05, 0.1) is 31.0 Å². The Morgan fingerprint density at radius 3 is 2.47 bits per heavy atom. The summed E-state index contributed by atoms with van der Waals surface area (Å²) in [7, 11) is 1.21. The maximum Gasteiger partial charge on any atom is 0.416 e. The Morgan fingerprint density at radius 1 is 1.14 bits per heavy atom. The fraction of sp³-hybridized carbons (Fsp3) is 0.409. The zero-order valence-electron chi connectivity index (χ0n) is 19.0. The molecule has 0 aliphatic carbocycles. The molecule has 2 aromatic rings. The maximum absolute atomic E-state index is 13.2. The first-order valence-electron chi connectivity index (χ1n) is 10.5. The molecule has 2 unspecified atom stereocenters. The molecule has 14 heteroatoms. The third-order valence-electron chi connectivity index (χ3n) is 5.28. The zero-order chi connectivity index (χ0) is 26.7. The van der Waals surface area contributed by atoms with Crippen molar-refractivity contribution in [2.24, 2.45) is 0 Å². The van der Waals surface area contributed by atoms with Gasteiger partial charge in [-0.05, 0) is 30.2 Å². The molecule has 1 aliphatic rings. The Morgan fingerprint density at radius 2 is 1.86 bits per heavy atom. The van der Waals surface area contributed by atoms with Gasteiger partial charge in [0.25, 0.3) is 5.91 Å². The van der Waals surface area contributed by atoms with Crippen molar-refractivity contribution >= 4 is 11.8 Å². The fourth-order valence-electron chi connectivity index (χ4n) is 3.49. The second kappa shape index (κ2) is 10.7. The predicted molar refractivity (Wildman–Crippen MR) is 113 cm³/mol. The van der Waals surface area contributed by atoms with Gasteiger partial charge in [-0.15, -0.1) is 0 Å². The number of nitrogens with zero attached hydrogens (tertiary/aromatic N) is 1. The largest absolute Gasteiger partial charge is 0.481 e. The molecule has 0 bridgehead atoms. The van der Waals surface area contributed by atoms with E-state index in [1.807, 2.05) is 0 Å². The van der Waals surface area contributed by atoms with E-state index >= 15 is 0 Å². The molecule has 2 atom stereocenters. The van der Waals surface area contributed by atoms with Crippen LogP contribution in [0.25, 0.3) is 0 Å². The number of hydrogen-bond donors (Lipinski definition) is 3. The monoisotopic (exact) mass is 520 g/mol. The van der Waals surface area contributed by atoms with Crippen molar-refractivity contribution in [2.75, 3.05) is 20.2 Å². The van der Waals surface area contributed by atoms with Gasteiger partial charge in [0.2, 0.25) is 11.8 Å². The highest BCUT2D eigenvalue weighted by molar-refractivity contribution is 5.97. The van der Waals surface area contributed by atoms with Crippen LogP contribution < -0.4 is 20.9 Å². The fourth-order valence-corrected chi connectivity index (χ4v) is 3.49. The number of hydrogen-bond acceptors (Lipinski definition) is 6. The molecule has 2 heterocycles. The second-order valence-corrected chi connectivity index (χ2v) is 7.98. The lowest BCUT2D eigenvalue weighted by Gasteiger charge is -2.14. The highest BCUT2D eigenvalue weighted by Crippen LogP contribution is 2.38. The number of carbonyl (C=O) groups is 2. The van der Waals surface area contributed by atoms with Gasteiger partial charge in [-0.3, -0.25) is 14.4 Å². The highest BCUT2D eigenvalue weighted by Gasteiger charge is 2.35. The van der Waals surface area contributed by atoms with Crippen LogP contribution >= 0.6 is 0 Å². The van der Waals surface area contributed by atoms with Crippen molar-refractivity contribution in [1.82, 2.24) is 21.1 Å². The summed E-state index contributed by atoms with van der Waals surface area (Å²) in [6.07, 6.45) is -9.72. The number of pyridine rings is 1. The summed E-state index contributed by atoms with van der Waals surface area (Å²) in [6.45, 7) is -0.520. The summed E-state index contributed by atoms with van der Waals surface area (Å²) >= 11 is 0. The lowest BCUT2D eigenvalue weighted by Crippen LogP contribution is -2.41. The van der Waals surface area contributed by atoms with E-state index in [0.29, 0.717) is 11.1 Å². The molecule has 1 fully saturated rings. The van der Waals surface area contributed by atoms with Crippen LogP contribution in [0.1, 0.15) is 51.3 Å². The SMILES string of the molecule is COc1cc(C(F)(F)F)cc(C2CC(c3ccc(C(=O)NCC(=O)NCC(F)(F)F)c(C)c3)NO2)n1. The number of aryl methyl sites for hydroxylation is 1. The summed E-state index contributed by atoms with van der Waals surface area (Å²) in [5.74, 6) is -1.85. The number of alkyl halides is 6.